The molecule has 4 heterocycles. The minimum absolute atomic E-state index is 0. The molecule has 1 atom stereocenters. The Morgan fingerprint density at radius 3 is 1.93 bits per heavy atom. The molecule has 6 aromatic rings. The molecule has 0 fully saturated rings. The Labute approximate surface area is 351 Å². The van der Waals surface area contributed by atoms with Crippen LogP contribution in [0.25, 0.3) is 22.8 Å². The van der Waals surface area contributed by atoms with Crippen LogP contribution in [0, 0.1) is 0 Å². The maximum absolute atomic E-state index is 11.2. The highest BCUT2D eigenvalue weighted by Gasteiger charge is 2.30. The van der Waals surface area contributed by atoms with E-state index < -0.39 is 0 Å². The molecule has 58 heavy (non-hydrogen) atoms. The normalized spacial score (nSPS) is 16.8. The maximum atomic E-state index is 11.2. The van der Waals surface area contributed by atoms with Gasteiger partial charge in [-0.05, 0) is 84.3 Å². The van der Waals surface area contributed by atoms with E-state index in [1.807, 2.05) is 66.7 Å². The van der Waals surface area contributed by atoms with Crippen LogP contribution >= 0.6 is 23.2 Å². The Balaban J connectivity index is 0.000000145. The molecule has 10 rings (SSSR count). The summed E-state index contributed by atoms with van der Waals surface area (Å²) in [5.74, 6) is 4.05. The monoisotopic (exact) mass is 818 g/mol. The number of nitrogens with one attached hydrogen (secondary N) is 3. The molecule has 4 aromatic carbocycles. The molecule has 0 saturated heterocycles. The average molecular weight is 820 g/mol. The number of benzene rings is 4. The van der Waals surface area contributed by atoms with Crippen molar-refractivity contribution in [2.24, 2.45) is 0 Å². The average Bonchev–Trinajstić information content (AvgIpc) is 3.88. The Morgan fingerprint density at radius 2 is 1.29 bits per heavy atom. The highest BCUT2D eigenvalue weighted by molar-refractivity contribution is 6.33. The van der Waals surface area contributed by atoms with Crippen LogP contribution in [0.1, 0.15) is 65.3 Å². The van der Waals surface area contributed by atoms with Gasteiger partial charge in [0.25, 0.3) is 0 Å². The summed E-state index contributed by atoms with van der Waals surface area (Å²) in [5.41, 5.74) is 11.9. The largest absolute Gasteiger partial charge is 0.496 e. The summed E-state index contributed by atoms with van der Waals surface area (Å²) in [6.07, 6.45) is 7.38. The number of carbonyl (C=O) groups is 1. The fourth-order valence-electron chi connectivity index (χ4n) is 8.48. The van der Waals surface area contributed by atoms with Gasteiger partial charge in [-0.1, -0.05) is 79.2 Å². The molecule has 9 nitrogen and oxygen atoms in total. The molecule has 2 aromatic heterocycles. The second kappa shape index (κ2) is 18.8. The number of imidazole rings is 2. The summed E-state index contributed by atoms with van der Waals surface area (Å²) in [7, 11) is 3.44. The smallest absolute Gasteiger partial charge is 0.139 e. The second-order valence-corrected chi connectivity index (χ2v) is 15.8. The first kappa shape index (κ1) is 41.2. The molecule has 302 valence electrons. The quantitative estimate of drug-likeness (QED) is 0.159. The maximum Gasteiger partial charge on any atom is 0.139 e. The molecular weight excluding hydrogens is 767 g/mol. The van der Waals surface area contributed by atoms with Crippen LogP contribution in [0.5, 0.6) is 11.5 Å². The van der Waals surface area contributed by atoms with Gasteiger partial charge < -0.3 is 24.8 Å². The fraction of sp³-hybridized carbons (Fsp3) is 0.340. The Morgan fingerprint density at radius 1 is 0.690 bits per heavy atom. The number of aromatic amines is 2. The minimum atomic E-state index is 0. The molecule has 0 radical (unpaired) electrons. The molecule has 0 saturated carbocycles. The predicted octanol–water partition coefficient (Wildman–Crippen LogP) is 9.42. The van der Waals surface area contributed by atoms with Crippen molar-refractivity contribution in [1.29, 1.82) is 0 Å². The summed E-state index contributed by atoms with van der Waals surface area (Å²) in [6, 6.07) is 28.6. The van der Waals surface area contributed by atoms with E-state index in [1.165, 1.54) is 40.2 Å². The zero-order valence-corrected chi connectivity index (χ0v) is 34.0. The Hall–Kier alpha value is -4.93. The van der Waals surface area contributed by atoms with Gasteiger partial charge in [0, 0.05) is 69.0 Å². The van der Waals surface area contributed by atoms with E-state index in [4.69, 9.17) is 37.7 Å². The lowest BCUT2D eigenvalue weighted by molar-refractivity contribution is -0.118. The van der Waals surface area contributed by atoms with Crippen LogP contribution in [0.2, 0.25) is 10.0 Å². The van der Waals surface area contributed by atoms with Crippen molar-refractivity contribution in [3.8, 4) is 34.3 Å². The first-order valence-corrected chi connectivity index (χ1v) is 20.5. The second-order valence-electron chi connectivity index (χ2n) is 14.9. The van der Waals surface area contributed by atoms with E-state index in [2.05, 4.69) is 43.4 Å². The number of H-pyrrole nitrogens is 2. The van der Waals surface area contributed by atoms with Crippen molar-refractivity contribution >= 4 is 29.0 Å². The van der Waals surface area contributed by atoms with Crippen molar-refractivity contribution in [2.75, 3.05) is 27.3 Å². The van der Waals surface area contributed by atoms with E-state index in [0.29, 0.717) is 24.7 Å². The number of halogens is 2. The number of aromatic nitrogens is 4. The SMILES string of the molecule is C.COc1cccc2c1CCC(=O)C2.COc1cccc2c1CCC(N1CCc3nc(-c4ccccc4Cl)[nH]c3C1)C2.Clc1ccccc1-c1nc2c([nH]1)CNCC2. The zero-order chi connectivity index (χ0) is 39.3. The van der Waals surface area contributed by atoms with Crippen LogP contribution in [0.4, 0.5) is 0 Å². The number of ether oxygens (including phenoxy) is 2. The Bertz CT molecular complexity index is 2350. The zero-order valence-electron chi connectivity index (χ0n) is 32.5. The van der Waals surface area contributed by atoms with E-state index >= 15 is 0 Å². The van der Waals surface area contributed by atoms with Crippen LogP contribution in [0.3, 0.4) is 0 Å². The van der Waals surface area contributed by atoms with Crippen LogP contribution in [0.15, 0.2) is 84.9 Å². The number of Topliss-reactive ketones (excluding diaryl/α,β-unsaturated/α-hetero) is 1. The highest BCUT2D eigenvalue weighted by atomic mass is 35.5. The van der Waals surface area contributed by atoms with Gasteiger partial charge in [-0.15, -0.1) is 0 Å². The van der Waals surface area contributed by atoms with Crippen LogP contribution in [-0.2, 0) is 56.4 Å². The molecule has 0 bridgehead atoms. The third-order valence-electron chi connectivity index (χ3n) is 11.5. The van der Waals surface area contributed by atoms with Crippen molar-refractivity contribution in [1.82, 2.24) is 30.2 Å². The van der Waals surface area contributed by atoms with E-state index in [0.717, 1.165) is 114 Å². The lowest BCUT2D eigenvalue weighted by atomic mass is 9.86. The number of hydrogen-bond acceptors (Lipinski definition) is 7. The Kier molecular flexibility index (Phi) is 13.3. The topological polar surface area (TPSA) is 108 Å². The van der Waals surface area contributed by atoms with Gasteiger partial charge in [0.1, 0.15) is 28.9 Å². The lowest BCUT2D eigenvalue weighted by Gasteiger charge is -2.37. The molecular formula is C47H52Cl2N6O3. The summed E-state index contributed by atoms with van der Waals surface area (Å²) in [4.78, 5) is 30.1. The third-order valence-corrected chi connectivity index (χ3v) is 12.1. The standard InChI is InChI=1S/C23H24ClN3O.C12H12ClN3.C11H12O2.CH4/c1-28-22-8-4-5-15-13-16(9-10-17(15)22)27-12-11-20-21(14-27)26-23(25-20)18-6-2-3-7-19(18)24;13-9-4-2-1-3-8(9)12-15-10-5-6-14-7-11(10)16-12;1-13-11-4-2-3-8-7-9(12)5-6-10(8)11;/h2-8,16H,9-14H2,1H3,(H,25,26);1-4,14H,5-7H2,(H,15,16);2-4H,5-7H2,1H3;1H4. The summed E-state index contributed by atoms with van der Waals surface area (Å²) >= 11 is 12.5. The van der Waals surface area contributed by atoms with Gasteiger partial charge in [-0.25, -0.2) is 9.97 Å². The number of hydrogen-bond donors (Lipinski definition) is 3. The number of rotatable bonds is 5. The number of fused-ring (bicyclic) bond motifs is 4. The molecule has 2 aliphatic heterocycles. The van der Waals surface area contributed by atoms with Crippen molar-refractivity contribution in [2.45, 2.75) is 77.9 Å². The predicted molar refractivity (Wildman–Crippen MR) is 233 cm³/mol. The van der Waals surface area contributed by atoms with Crippen molar-refractivity contribution in [3.05, 3.63) is 140 Å². The molecule has 3 N–H and O–H groups in total. The van der Waals surface area contributed by atoms with Gasteiger partial charge in [0.2, 0.25) is 0 Å². The van der Waals surface area contributed by atoms with Crippen molar-refractivity contribution in [3.63, 3.8) is 0 Å². The molecule has 4 aliphatic rings. The number of nitrogens with zero attached hydrogens (tertiary/aromatic N) is 3. The highest BCUT2D eigenvalue weighted by Crippen LogP contribution is 2.34. The minimum Gasteiger partial charge on any atom is -0.496 e. The van der Waals surface area contributed by atoms with Gasteiger partial charge in [0.05, 0.1) is 47.0 Å². The molecule has 0 amide bonds. The summed E-state index contributed by atoms with van der Waals surface area (Å²) in [5, 5.41) is 4.79. The van der Waals surface area contributed by atoms with Gasteiger partial charge in [0.15, 0.2) is 0 Å². The lowest BCUT2D eigenvalue weighted by Crippen LogP contribution is -2.42. The third kappa shape index (κ3) is 9.03. The first-order valence-electron chi connectivity index (χ1n) is 19.8. The molecule has 1 unspecified atom stereocenters. The number of methoxy groups -OCH3 is 2. The van der Waals surface area contributed by atoms with Gasteiger partial charge in [-0.3, -0.25) is 9.69 Å². The van der Waals surface area contributed by atoms with Crippen LogP contribution < -0.4 is 14.8 Å². The van der Waals surface area contributed by atoms with Gasteiger partial charge >= 0.3 is 0 Å². The number of ketones is 1. The fourth-order valence-corrected chi connectivity index (χ4v) is 8.93. The van der Waals surface area contributed by atoms with E-state index in [1.54, 1.807) is 14.2 Å². The number of carbonyl (C=O) groups excluding carboxylic acids is 1. The first-order chi connectivity index (χ1) is 27.9. The summed E-state index contributed by atoms with van der Waals surface area (Å²) < 4.78 is 10.8. The van der Waals surface area contributed by atoms with E-state index in [9.17, 15) is 4.79 Å². The van der Waals surface area contributed by atoms with E-state index in [-0.39, 0.29) is 7.43 Å². The van der Waals surface area contributed by atoms with Crippen molar-refractivity contribution < 1.29 is 14.3 Å². The van der Waals surface area contributed by atoms with Crippen LogP contribution in [-0.4, -0.2) is 64.0 Å². The summed E-state index contributed by atoms with van der Waals surface area (Å²) in [6.45, 7) is 3.85. The van der Waals surface area contributed by atoms with Gasteiger partial charge in [-0.2, -0.15) is 0 Å². The molecule has 11 heteroatoms. The molecule has 0 spiro atoms. The molecule has 2 aliphatic carbocycles.